The maximum Gasteiger partial charge on any atom is 0.410 e. The fourth-order valence-electron chi connectivity index (χ4n) is 4.75. The molecular weight excluding hydrogens is 396 g/mol. The Bertz CT molecular complexity index is 858. The number of methoxy groups -OCH3 is 1. The van der Waals surface area contributed by atoms with E-state index in [1.54, 1.807) is 0 Å². The van der Waals surface area contributed by atoms with E-state index < -0.39 is 18.4 Å². The van der Waals surface area contributed by atoms with Crippen molar-refractivity contribution in [2.75, 3.05) is 20.2 Å². The van der Waals surface area contributed by atoms with Gasteiger partial charge in [0.2, 0.25) is 0 Å². The molecule has 1 aromatic carbocycles. The van der Waals surface area contributed by atoms with Gasteiger partial charge in [-0.25, -0.2) is 9.59 Å². The Morgan fingerprint density at radius 1 is 1.19 bits per heavy atom. The van der Waals surface area contributed by atoms with E-state index in [0.29, 0.717) is 12.0 Å². The molecule has 4 rings (SSSR count). The summed E-state index contributed by atoms with van der Waals surface area (Å²) < 4.78 is 16.1. The average molecular weight is 427 g/mol. The molecule has 3 aliphatic rings. The SMILES string of the molecule is COC(=O)C1=COC(OC(=O)NC2CCN(Cc3ccccc3)CC2)C2C(C)=CCC12. The summed E-state index contributed by atoms with van der Waals surface area (Å²) in [6, 6.07) is 10.5. The maximum atomic E-state index is 12.6. The summed E-state index contributed by atoms with van der Waals surface area (Å²) in [6.45, 7) is 4.76. The van der Waals surface area contributed by atoms with Crippen LogP contribution in [0.15, 0.2) is 53.8 Å². The number of rotatable bonds is 5. The highest BCUT2D eigenvalue weighted by Crippen LogP contribution is 2.43. The molecule has 0 spiro atoms. The normalized spacial score (nSPS) is 26.2. The van der Waals surface area contributed by atoms with Gasteiger partial charge in [0, 0.05) is 31.6 Å². The Kier molecular flexibility index (Phi) is 6.61. The topological polar surface area (TPSA) is 77.1 Å². The van der Waals surface area contributed by atoms with Crippen molar-refractivity contribution >= 4 is 12.1 Å². The third-order valence-electron chi connectivity index (χ3n) is 6.48. The molecule has 2 heterocycles. The Morgan fingerprint density at radius 3 is 2.65 bits per heavy atom. The highest BCUT2D eigenvalue weighted by atomic mass is 16.7. The minimum atomic E-state index is -0.740. The monoisotopic (exact) mass is 426 g/mol. The Morgan fingerprint density at radius 2 is 1.94 bits per heavy atom. The van der Waals surface area contributed by atoms with Crippen LogP contribution < -0.4 is 5.32 Å². The number of ether oxygens (including phenoxy) is 3. The van der Waals surface area contributed by atoms with Crippen LogP contribution in [0.4, 0.5) is 4.79 Å². The number of likely N-dealkylation sites (tertiary alicyclic amines) is 1. The number of carbonyl (C=O) groups is 2. The summed E-state index contributed by atoms with van der Waals surface area (Å²) in [6.07, 6.45) is 4.71. The molecule has 3 unspecified atom stereocenters. The van der Waals surface area contributed by atoms with Gasteiger partial charge in [-0.05, 0) is 31.7 Å². The summed E-state index contributed by atoms with van der Waals surface area (Å²) in [5.41, 5.74) is 2.86. The third kappa shape index (κ3) is 4.93. The Labute approximate surface area is 183 Å². The predicted molar refractivity (Wildman–Crippen MR) is 115 cm³/mol. The van der Waals surface area contributed by atoms with Crippen LogP contribution in [0.25, 0.3) is 0 Å². The molecule has 1 fully saturated rings. The van der Waals surface area contributed by atoms with E-state index in [1.165, 1.54) is 18.9 Å². The number of piperidine rings is 1. The van der Waals surface area contributed by atoms with Crippen molar-refractivity contribution in [1.29, 1.82) is 0 Å². The van der Waals surface area contributed by atoms with Crippen molar-refractivity contribution < 1.29 is 23.8 Å². The zero-order valence-electron chi connectivity index (χ0n) is 18.1. The molecule has 1 amide bonds. The maximum absolute atomic E-state index is 12.6. The zero-order valence-corrected chi connectivity index (χ0v) is 18.1. The Balaban J connectivity index is 1.28. The van der Waals surface area contributed by atoms with Crippen LogP contribution in [-0.4, -0.2) is 49.5 Å². The van der Waals surface area contributed by atoms with Crippen LogP contribution in [0.2, 0.25) is 0 Å². The molecule has 2 aliphatic heterocycles. The largest absolute Gasteiger partial charge is 0.466 e. The lowest BCUT2D eigenvalue weighted by molar-refractivity contribution is -0.141. The lowest BCUT2D eigenvalue weighted by Gasteiger charge is -2.35. The van der Waals surface area contributed by atoms with Crippen molar-refractivity contribution in [1.82, 2.24) is 10.2 Å². The standard InChI is InChI=1S/C24H30N2O5/c1-16-8-9-19-20(22(27)29-2)15-30-23(21(16)19)31-24(28)25-18-10-12-26(13-11-18)14-17-6-4-3-5-7-17/h3-8,15,18-19,21,23H,9-14H2,1-2H3,(H,25,28). The summed E-state index contributed by atoms with van der Waals surface area (Å²) >= 11 is 0. The average Bonchev–Trinajstić information content (AvgIpc) is 3.17. The van der Waals surface area contributed by atoms with Crippen LogP contribution in [0.1, 0.15) is 31.7 Å². The van der Waals surface area contributed by atoms with Gasteiger partial charge in [0.25, 0.3) is 6.29 Å². The minimum Gasteiger partial charge on any atom is -0.466 e. The van der Waals surface area contributed by atoms with Gasteiger partial charge < -0.3 is 19.5 Å². The number of nitrogens with zero attached hydrogens (tertiary/aromatic N) is 1. The number of alkyl carbamates (subject to hydrolysis) is 1. The van der Waals surface area contributed by atoms with E-state index >= 15 is 0 Å². The fourth-order valence-corrected chi connectivity index (χ4v) is 4.75. The first-order valence-corrected chi connectivity index (χ1v) is 10.9. The van der Waals surface area contributed by atoms with E-state index in [9.17, 15) is 9.59 Å². The fraction of sp³-hybridized carbons (Fsp3) is 0.500. The molecule has 166 valence electrons. The predicted octanol–water partition coefficient (Wildman–Crippen LogP) is 3.37. The molecule has 31 heavy (non-hydrogen) atoms. The molecule has 0 aromatic heterocycles. The van der Waals surface area contributed by atoms with Crippen molar-refractivity contribution in [3.63, 3.8) is 0 Å². The summed E-state index contributed by atoms with van der Waals surface area (Å²) in [4.78, 5) is 27.0. The number of hydrogen-bond acceptors (Lipinski definition) is 6. The zero-order chi connectivity index (χ0) is 21.8. The first-order valence-electron chi connectivity index (χ1n) is 10.9. The third-order valence-corrected chi connectivity index (χ3v) is 6.48. The molecule has 7 nitrogen and oxygen atoms in total. The van der Waals surface area contributed by atoms with E-state index in [1.807, 2.05) is 13.0 Å². The molecule has 1 aromatic rings. The number of nitrogens with one attached hydrogen (secondary N) is 1. The van der Waals surface area contributed by atoms with Crippen molar-refractivity contribution in [3.8, 4) is 0 Å². The van der Waals surface area contributed by atoms with Crippen LogP contribution in [0.3, 0.4) is 0 Å². The Hall–Kier alpha value is -2.80. The lowest BCUT2D eigenvalue weighted by Crippen LogP contribution is -2.46. The number of fused-ring (bicyclic) bond motifs is 1. The van der Waals surface area contributed by atoms with E-state index in [-0.39, 0.29) is 17.9 Å². The molecule has 0 bridgehead atoms. The van der Waals surface area contributed by atoms with Gasteiger partial charge in [-0.3, -0.25) is 4.90 Å². The number of esters is 1. The van der Waals surface area contributed by atoms with Crippen molar-refractivity contribution in [2.24, 2.45) is 11.8 Å². The quantitative estimate of drug-likeness (QED) is 0.575. The van der Waals surface area contributed by atoms with Gasteiger partial charge >= 0.3 is 12.1 Å². The number of amides is 1. The van der Waals surface area contributed by atoms with Gasteiger partial charge in [0.15, 0.2) is 0 Å². The van der Waals surface area contributed by atoms with Crippen molar-refractivity contribution in [2.45, 2.75) is 45.1 Å². The molecule has 1 N–H and O–H groups in total. The van der Waals surface area contributed by atoms with Crippen LogP contribution in [0.5, 0.6) is 0 Å². The highest BCUT2D eigenvalue weighted by molar-refractivity contribution is 5.89. The van der Waals surface area contributed by atoms with Crippen LogP contribution >= 0.6 is 0 Å². The molecule has 1 saturated heterocycles. The first-order chi connectivity index (χ1) is 15.0. The van der Waals surface area contributed by atoms with Crippen molar-refractivity contribution in [3.05, 3.63) is 59.4 Å². The minimum absolute atomic E-state index is 0.0831. The molecular formula is C24H30N2O5. The first kappa shape index (κ1) is 21.4. The molecule has 0 radical (unpaired) electrons. The summed E-state index contributed by atoms with van der Waals surface area (Å²) in [7, 11) is 1.36. The van der Waals surface area contributed by atoms with Gasteiger partial charge in [-0.2, -0.15) is 0 Å². The smallest absolute Gasteiger partial charge is 0.410 e. The van der Waals surface area contributed by atoms with Crippen LogP contribution in [0, 0.1) is 11.8 Å². The molecule has 1 aliphatic carbocycles. The number of hydrogen-bond donors (Lipinski definition) is 1. The number of carbonyl (C=O) groups excluding carboxylic acids is 2. The summed E-state index contributed by atoms with van der Waals surface area (Å²) in [5, 5.41) is 2.99. The van der Waals surface area contributed by atoms with E-state index in [0.717, 1.165) is 38.0 Å². The van der Waals surface area contributed by atoms with Gasteiger partial charge in [0.05, 0.1) is 24.9 Å². The summed E-state index contributed by atoms with van der Waals surface area (Å²) in [5.74, 6) is -0.652. The second-order valence-corrected chi connectivity index (χ2v) is 8.47. The molecule has 3 atom stereocenters. The van der Waals surface area contributed by atoms with E-state index in [4.69, 9.17) is 14.2 Å². The lowest BCUT2D eigenvalue weighted by atomic mass is 9.84. The second-order valence-electron chi connectivity index (χ2n) is 8.47. The highest BCUT2D eigenvalue weighted by Gasteiger charge is 2.44. The molecule has 0 saturated carbocycles. The number of benzene rings is 1. The van der Waals surface area contributed by atoms with Crippen LogP contribution in [-0.2, 0) is 25.5 Å². The van der Waals surface area contributed by atoms with Gasteiger partial charge in [-0.15, -0.1) is 0 Å². The second kappa shape index (κ2) is 9.56. The molecule has 7 heteroatoms. The number of allylic oxidation sites excluding steroid dienone is 1. The van der Waals surface area contributed by atoms with Gasteiger partial charge in [-0.1, -0.05) is 42.0 Å². The van der Waals surface area contributed by atoms with Gasteiger partial charge in [0.1, 0.15) is 0 Å². The van der Waals surface area contributed by atoms with E-state index in [2.05, 4.69) is 40.6 Å².